The number of hydrogen-bond acceptors (Lipinski definition) is 4. The van der Waals surface area contributed by atoms with Crippen molar-refractivity contribution >= 4 is 12.8 Å². The van der Waals surface area contributed by atoms with Crippen LogP contribution in [0.4, 0.5) is 0 Å². The summed E-state index contributed by atoms with van der Waals surface area (Å²) in [5.74, 6) is 0. The first-order valence-corrected chi connectivity index (χ1v) is 7.43. The molecule has 0 aromatic carbocycles. The molecule has 5 heteroatoms. The zero-order valence-corrected chi connectivity index (χ0v) is 13.8. The van der Waals surface area contributed by atoms with E-state index in [1.54, 1.807) is 6.08 Å². The maximum atomic E-state index is 7.99. The van der Waals surface area contributed by atoms with Gasteiger partial charge in [-0.2, -0.15) is 0 Å². The third kappa shape index (κ3) is 3.30. The first-order chi connectivity index (χ1) is 9.62. The highest BCUT2D eigenvalue weighted by Gasteiger charge is 2.52. The van der Waals surface area contributed by atoms with E-state index >= 15 is 0 Å². The summed E-state index contributed by atoms with van der Waals surface area (Å²) in [4.78, 5) is 0. The van der Waals surface area contributed by atoms with Gasteiger partial charge in [-0.1, -0.05) is 12.2 Å². The molecule has 21 heavy (non-hydrogen) atoms. The summed E-state index contributed by atoms with van der Waals surface area (Å²) >= 11 is 0. The highest BCUT2D eigenvalue weighted by molar-refractivity contribution is 6.56. The zero-order chi connectivity index (χ0) is 15.8. The molecule has 0 atom stereocenters. The molecule has 1 aliphatic carbocycles. The third-order valence-corrected chi connectivity index (χ3v) is 4.17. The second-order valence-corrected chi connectivity index (χ2v) is 6.90. The summed E-state index contributed by atoms with van der Waals surface area (Å²) in [5, 5.41) is 11.2. The Balaban J connectivity index is 2.21. The van der Waals surface area contributed by atoms with E-state index in [2.05, 4.69) is 19.2 Å². The molecule has 1 heterocycles. The lowest BCUT2D eigenvalue weighted by atomic mass is 9.74. The number of nitrogens with one attached hydrogen (secondary N) is 2. The summed E-state index contributed by atoms with van der Waals surface area (Å²) in [7, 11) is -0.387. The Morgan fingerprint density at radius 3 is 2.24 bits per heavy atom. The van der Waals surface area contributed by atoms with Crippen LogP contribution in [0.25, 0.3) is 0 Å². The Morgan fingerprint density at radius 1 is 1.14 bits per heavy atom. The lowest BCUT2D eigenvalue weighted by molar-refractivity contribution is 0.00578. The molecular formula is C16H25BN2O2. The van der Waals surface area contributed by atoms with E-state index in [-0.39, 0.29) is 18.3 Å². The Hall–Kier alpha value is -1.33. The molecule has 2 N–H and O–H groups in total. The van der Waals surface area contributed by atoms with Gasteiger partial charge in [0.2, 0.25) is 0 Å². The average molecular weight is 288 g/mol. The second-order valence-electron chi connectivity index (χ2n) is 6.90. The van der Waals surface area contributed by atoms with Crippen LogP contribution in [-0.2, 0) is 9.31 Å². The van der Waals surface area contributed by atoms with Gasteiger partial charge in [0.05, 0.1) is 16.9 Å². The normalized spacial score (nSPS) is 25.7. The van der Waals surface area contributed by atoms with Crippen LogP contribution < -0.4 is 5.32 Å². The summed E-state index contributed by atoms with van der Waals surface area (Å²) < 4.78 is 12.1. The Kier molecular flexibility index (Phi) is 4.18. The topological polar surface area (TPSA) is 54.3 Å². The summed E-state index contributed by atoms with van der Waals surface area (Å²) in [6, 6.07) is 0.338. The van der Waals surface area contributed by atoms with Crippen molar-refractivity contribution in [3.05, 3.63) is 35.5 Å². The minimum atomic E-state index is -0.387. The van der Waals surface area contributed by atoms with E-state index in [9.17, 15) is 0 Å². The molecule has 0 unspecified atom stereocenters. The maximum Gasteiger partial charge on any atom is 0.494 e. The van der Waals surface area contributed by atoms with Gasteiger partial charge in [0.15, 0.2) is 0 Å². The van der Waals surface area contributed by atoms with E-state index in [1.807, 2.05) is 46.0 Å². The largest absolute Gasteiger partial charge is 0.494 e. The molecule has 1 fully saturated rings. The molecule has 1 aliphatic heterocycles. The summed E-state index contributed by atoms with van der Waals surface area (Å²) in [6.45, 7) is 12.3. The SMILES string of the molecule is CC(C)N/C=C1/C=C(B2OC(C)(C)C(C)(C)O2)C=CC1=N. The van der Waals surface area contributed by atoms with Crippen LogP contribution in [0.2, 0.25) is 0 Å². The van der Waals surface area contributed by atoms with Gasteiger partial charge in [-0.15, -0.1) is 0 Å². The molecule has 114 valence electrons. The third-order valence-electron chi connectivity index (χ3n) is 4.17. The second kappa shape index (κ2) is 5.46. The lowest BCUT2D eigenvalue weighted by Crippen LogP contribution is -2.41. The Morgan fingerprint density at radius 2 is 1.71 bits per heavy atom. The maximum absolute atomic E-state index is 7.99. The highest BCUT2D eigenvalue weighted by atomic mass is 16.7. The van der Waals surface area contributed by atoms with Crippen molar-refractivity contribution in [3.63, 3.8) is 0 Å². The molecule has 0 bridgehead atoms. The molecule has 0 spiro atoms. The van der Waals surface area contributed by atoms with E-state index in [1.165, 1.54) is 0 Å². The van der Waals surface area contributed by atoms with Crippen molar-refractivity contribution in [1.29, 1.82) is 5.41 Å². The van der Waals surface area contributed by atoms with Crippen LogP contribution in [0.15, 0.2) is 35.5 Å². The molecule has 4 nitrogen and oxygen atoms in total. The first kappa shape index (κ1) is 16.1. The van der Waals surface area contributed by atoms with Gasteiger partial charge in [-0.05, 0) is 53.1 Å². The van der Waals surface area contributed by atoms with E-state index in [0.29, 0.717) is 11.8 Å². The van der Waals surface area contributed by atoms with E-state index in [0.717, 1.165) is 11.0 Å². The molecule has 0 radical (unpaired) electrons. The smallest absolute Gasteiger partial charge is 0.399 e. The van der Waals surface area contributed by atoms with Gasteiger partial charge in [-0.25, -0.2) is 0 Å². The van der Waals surface area contributed by atoms with Gasteiger partial charge in [0, 0.05) is 17.8 Å². The standard InChI is InChI=1S/C16H25BN2O2/c1-11(2)19-10-12-9-13(7-8-14(12)18)17-20-15(3,4)16(5,6)21-17/h7-11,18-19H,1-6H3/b12-10-,18-14?. The van der Waals surface area contributed by atoms with Crippen LogP contribution in [-0.4, -0.2) is 30.1 Å². The molecule has 0 aromatic rings. The molecule has 0 aromatic heterocycles. The predicted octanol–water partition coefficient (Wildman–Crippen LogP) is 3.02. The van der Waals surface area contributed by atoms with Crippen LogP contribution in [0.5, 0.6) is 0 Å². The number of allylic oxidation sites excluding steroid dienone is 5. The Labute approximate surface area is 127 Å². The lowest BCUT2D eigenvalue weighted by Gasteiger charge is -2.32. The fourth-order valence-electron chi connectivity index (χ4n) is 2.08. The highest BCUT2D eigenvalue weighted by Crippen LogP contribution is 2.39. The van der Waals surface area contributed by atoms with E-state index in [4.69, 9.17) is 14.7 Å². The fraction of sp³-hybridized carbons (Fsp3) is 0.562. The minimum Gasteiger partial charge on any atom is -0.399 e. The van der Waals surface area contributed by atoms with Gasteiger partial charge in [0.1, 0.15) is 0 Å². The van der Waals surface area contributed by atoms with Gasteiger partial charge >= 0.3 is 7.12 Å². The molecule has 0 amide bonds. The van der Waals surface area contributed by atoms with Crippen LogP contribution >= 0.6 is 0 Å². The zero-order valence-electron chi connectivity index (χ0n) is 13.8. The van der Waals surface area contributed by atoms with Crippen LogP contribution in [0.1, 0.15) is 41.5 Å². The van der Waals surface area contributed by atoms with Crippen LogP contribution in [0, 0.1) is 5.41 Å². The molecule has 2 aliphatic rings. The minimum absolute atomic E-state index is 0.338. The molecule has 1 saturated heterocycles. The van der Waals surface area contributed by atoms with Gasteiger partial charge in [0.25, 0.3) is 0 Å². The number of rotatable bonds is 3. The number of hydrogen-bond donors (Lipinski definition) is 2. The molecular weight excluding hydrogens is 263 g/mol. The van der Waals surface area contributed by atoms with Crippen LogP contribution in [0.3, 0.4) is 0 Å². The summed E-state index contributed by atoms with van der Waals surface area (Å²) in [6.07, 6.45) is 7.52. The van der Waals surface area contributed by atoms with Crippen molar-refractivity contribution in [3.8, 4) is 0 Å². The van der Waals surface area contributed by atoms with Crippen molar-refractivity contribution in [2.45, 2.75) is 58.8 Å². The average Bonchev–Trinajstić information content (AvgIpc) is 2.57. The van der Waals surface area contributed by atoms with Gasteiger partial charge in [-0.3, -0.25) is 0 Å². The monoisotopic (exact) mass is 288 g/mol. The van der Waals surface area contributed by atoms with Crippen molar-refractivity contribution in [2.75, 3.05) is 0 Å². The quantitative estimate of drug-likeness (QED) is 0.785. The van der Waals surface area contributed by atoms with Crippen molar-refractivity contribution in [2.24, 2.45) is 0 Å². The van der Waals surface area contributed by atoms with Gasteiger partial charge < -0.3 is 20.0 Å². The molecule has 0 saturated carbocycles. The van der Waals surface area contributed by atoms with Crippen molar-refractivity contribution in [1.82, 2.24) is 5.32 Å². The van der Waals surface area contributed by atoms with E-state index < -0.39 is 0 Å². The molecule has 2 rings (SSSR count). The Bertz CT molecular complexity index is 514. The first-order valence-electron chi connectivity index (χ1n) is 7.43. The summed E-state index contributed by atoms with van der Waals surface area (Å²) in [5.41, 5.74) is 1.58. The predicted molar refractivity (Wildman–Crippen MR) is 87.4 cm³/mol. The van der Waals surface area contributed by atoms with Crippen molar-refractivity contribution < 1.29 is 9.31 Å². The fourth-order valence-corrected chi connectivity index (χ4v) is 2.08.